The molecule has 140 valence electrons. The van der Waals surface area contributed by atoms with E-state index >= 15 is 0 Å². The van der Waals surface area contributed by atoms with Crippen LogP contribution < -0.4 is 4.72 Å². The Bertz CT molecular complexity index is 840. The zero-order valence-corrected chi connectivity index (χ0v) is 17.2. The first-order chi connectivity index (χ1) is 12.5. The molecule has 1 N–H and O–H groups in total. The SMILES string of the molecule is O=S(=O)(NCC(c1cccc(Cl)c1)N1CCOCC1)c1ccc(Br)cc1. The van der Waals surface area contributed by atoms with Crippen molar-refractivity contribution >= 4 is 37.6 Å². The van der Waals surface area contributed by atoms with Gasteiger partial charge >= 0.3 is 0 Å². The second kappa shape index (κ2) is 8.82. The summed E-state index contributed by atoms with van der Waals surface area (Å²) in [5.41, 5.74) is 0.984. The van der Waals surface area contributed by atoms with Gasteiger partial charge in [0.05, 0.1) is 18.1 Å². The van der Waals surface area contributed by atoms with Crippen LogP contribution in [0.15, 0.2) is 57.9 Å². The summed E-state index contributed by atoms with van der Waals surface area (Å²) in [5, 5.41) is 0.636. The lowest BCUT2D eigenvalue weighted by Gasteiger charge is -2.35. The Hall–Kier alpha value is -0.960. The van der Waals surface area contributed by atoms with Crippen LogP contribution in [0.2, 0.25) is 5.02 Å². The zero-order valence-electron chi connectivity index (χ0n) is 14.1. The van der Waals surface area contributed by atoms with E-state index in [0.717, 1.165) is 23.1 Å². The molecule has 5 nitrogen and oxygen atoms in total. The van der Waals surface area contributed by atoms with Crippen molar-refractivity contribution in [1.82, 2.24) is 9.62 Å². The van der Waals surface area contributed by atoms with Crippen LogP contribution in [0.3, 0.4) is 0 Å². The van der Waals surface area contributed by atoms with Gasteiger partial charge in [0.1, 0.15) is 0 Å². The highest BCUT2D eigenvalue weighted by molar-refractivity contribution is 9.10. The van der Waals surface area contributed by atoms with Gasteiger partial charge in [0.15, 0.2) is 0 Å². The lowest BCUT2D eigenvalue weighted by molar-refractivity contribution is 0.0172. The fraction of sp³-hybridized carbons (Fsp3) is 0.333. The number of nitrogens with one attached hydrogen (secondary N) is 1. The van der Waals surface area contributed by atoms with Crippen LogP contribution in [-0.4, -0.2) is 46.2 Å². The molecule has 1 aliphatic rings. The van der Waals surface area contributed by atoms with Crippen molar-refractivity contribution in [1.29, 1.82) is 0 Å². The van der Waals surface area contributed by atoms with Crippen molar-refractivity contribution in [3.8, 4) is 0 Å². The lowest BCUT2D eigenvalue weighted by atomic mass is 10.1. The molecule has 0 bridgehead atoms. The number of ether oxygens (including phenoxy) is 1. The molecule has 0 spiro atoms. The predicted octanol–water partition coefficient (Wildman–Crippen LogP) is 3.45. The van der Waals surface area contributed by atoms with Gasteiger partial charge in [0.25, 0.3) is 0 Å². The summed E-state index contributed by atoms with van der Waals surface area (Å²) >= 11 is 9.46. The summed E-state index contributed by atoms with van der Waals surface area (Å²) in [5.74, 6) is 0. The average molecular weight is 460 g/mol. The third-order valence-electron chi connectivity index (χ3n) is 4.31. The quantitative estimate of drug-likeness (QED) is 0.719. The Kier molecular flexibility index (Phi) is 6.71. The molecule has 3 rings (SSSR count). The van der Waals surface area contributed by atoms with Crippen LogP contribution in [-0.2, 0) is 14.8 Å². The van der Waals surface area contributed by atoms with Gasteiger partial charge in [0, 0.05) is 35.2 Å². The van der Waals surface area contributed by atoms with E-state index < -0.39 is 10.0 Å². The number of nitrogens with zero attached hydrogens (tertiary/aromatic N) is 1. The number of hydrogen-bond donors (Lipinski definition) is 1. The molecule has 26 heavy (non-hydrogen) atoms. The molecule has 0 saturated carbocycles. The van der Waals surface area contributed by atoms with Crippen molar-refractivity contribution in [3.63, 3.8) is 0 Å². The highest BCUT2D eigenvalue weighted by Gasteiger charge is 2.25. The Morgan fingerprint density at radius 2 is 1.85 bits per heavy atom. The summed E-state index contributed by atoms with van der Waals surface area (Å²) in [4.78, 5) is 2.46. The molecule has 2 aromatic carbocycles. The standard InChI is InChI=1S/C18H20BrClN2O3S/c19-15-4-6-17(7-5-15)26(23,24)21-13-18(22-8-10-25-11-9-22)14-2-1-3-16(20)12-14/h1-7,12,18,21H,8-11,13H2. The Balaban J connectivity index is 1.80. The third kappa shape index (κ3) is 5.06. The molecule has 1 atom stereocenters. The van der Waals surface area contributed by atoms with Gasteiger partial charge in [-0.05, 0) is 42.0 Å². The minimum atomic E-state index is -3.59. The summed E-state index contributed by atoms with van der Waals surface area (Å²) < 4.78 is 34.3. The number of morpholine rings is 1. The molecule has 1 unspecified atom stereocenters. The largest absolute Gasteiger partial charge is 0.379 e. The summed E-state index contributed by atoms with van der Waals surface area (Å²) in [6.07, 6.45) is 0. The van der Waals surface area contributed by atoms with E-state index in [-0.39, 0.29) is 17.5 Å². The lowest BCUT2D eigenvalue weighted by Crippen LogP contribution is -2.43. The molecule has 1 heterocycles. The molecule has 2 aromatic rings. The van der Waals surface area contributed by atoms with E-state index in [1.807, 2.05) is 24.3 Å². The van der Waals surface area contributed by atoms with Crippen LogP contribution in [0.4, 0.5) is 0 Å². The maximum Gasteiger partial charge on any atom is 0.240 e. The van der Waals surface area contributed by atoms with Gasteiger partial charge in [-0.3, -0.25) is 4.90 Å². The molecule has 0 aliphatic carbocycles. The van der Waals surface area contributed by atoms with E-state index in [4.69, 9.17) is 16.3 Å². The van der Waals surface area contributed by atoms with Gasteiger partial charge in [-0.1, -0.05) is 39.7 Å². The van der Waals surface area contributed by atoms with Gasteiger partial charge in [0.2, 0.25) is 10.0 Å². The van der Waals surface area contributed by atoms with E-state index in [2.05, 4.69) is 25.6 Å². The van der Waals surface area contributed by atoms with Crippen molar-refractivity contribution < 1.29 is 13.2 Å². The van der Waals surface area contributed by atoms with Crippen molar-refractivity contribution in [2.45, 2.75) is 10.9 Å². The van der Waals surface area contributed by atoms with Crippen LogP contribution in [0.1, 0.15) is 11.6 Å². The number of benzene rings is 2. The van der Waals surface area contributed by atoms with Crippen molar-refractivity contribution in [2.24, 2.45) is 0 Å². The molecule has 0 radical (unpaired) electrons. The van der Waals surface area contributed by atoms with E-state index in [9.17, 15) is 8.42 Å². The normalized spacial score (nSPS) is 17.2. The first-order valence-electron chi connectivity index (χ1n) is 8.28. The van der Waals surface area contributed by atoms with Crippen molar-refractivity contribution in [2.75, 3.05) is 32.8 Å². The monoisotopic (exact) mass is 458 g/mol. The van der Waals surface area contributed by atoms with Crippen LogP contribution >= 0.6 is 27.5 Å². The van der Waals surface area contributed by atoms with Crippen LogP contribution in [0.5, 0.6) is 0 Å². The highest BCUT2D eigenvalue weighted by Crippen LogP contribution is 2.25. The van der Waals surface area contributed by atoms with E-state index in [0.29, 0.717) is 18.2 Å². The average Bonchev–Trinajstić information content (AvgIpc) is 2.63. The third-order valence-corrected chi connectivity index (χ3v) is 6.51. The highest BCUT2D eigenvalue weighted by atomic mass is 79.9. The fourth-order valence-corrected chi connectivity index (χ4v) is 4.45. The van der Waals surface area contributed by atoms with Gasteiger partial charge in [-0.15, -0.1) is 0 Å². The number of sulfonamides is 1. The van der Waals surface area contributed by atoms with Crippen molar-refractivity contribution in [3.05, 3.63) is 63.6 Å². The van der Waals surface area contributed by atoms with E-state index in [1.54, 1.807) is 24.3 Å². The molecular formula is C18H20BrClN2O3S. The summed E-state index contributed by atoms with van der Waals surface area (Å²) in [7, 11) is -3.59. The molecule has 1 saturated heterocycles. The molecular weight excluding hydrogens is 440 g/mol. The minimum absolute atomic E-state index is 0.108. The molecule has 0 amide bonds. The predicted molar refractivity (Wildman–Crippen MR) is 106 cm³/mol. The summed E-state index contributed by atoms with van der Waals surface area (Å²) in [6, 6.07) is 14.0. The van der Waals surface area contributed by atoms with Gasteiger partial charge in [-0.2, -0.15) is 0 Å². The van der Waals surface area contributed by atoms with Crippen LogP contribution in [0, 0.1) is 0 Å². The maximum absolute atomic E-state index is 12.6. The van der Waals surface area contributed by atoms with E-state index in [1.165, 1.54) is 0 Å². The van der Waals surface area contributed by atoms with Gasteiger partial charge in [-0.25, -0.2) is 13.1 Å². The first kappa shape index (κ1) is 19.8. The van der Waals surface area contributed by atoms with Crippen LogP contribution in [0.25, 0.3) is 0 Å². The first-order valence-corrected chi connectivity index (χ1v) is 10.9. The fourth-order valence-electron chi connectivity index (χ4n) is 2.95. The minimum Gasteiger partial charge on any atom is -0.379 e. The number of halogens is 2. The molecule has 1 aliphatic heterocycles. The number of hydrogen-bond acceptors (Lipinski definition) is 4. The van der Waals surface area contributed by atoms with Gasteiger partial charge < -0.3 is 4.74 Å². The molecule has 0 aromatic heterocycles. The smallest absolute Gasteiger partial charge is 0.240 e. The molecule has 8 heteroatoms. The Morgan fingerprint density at radius 1 is 1.15 bits per heavy atom. The Morgan fingerprint density at radius 3 is 2.50 bits per heavy atom. The zero-order chi connectivity index (χ0) is 18.6. The second-order valence-corrected chi connectivity index (χ2v) is 9.14. The number of rotatable bonds is 6. The second-order valence-electron chi connectivity index (χ2n) is 6.02. The summed E-state index contributed by atoms with van der Waals surface area (Å²) in [6.45, 7) is 3.03. The maximum atomic E-state index is 12.6. The topological polar surface area (TPSA) is 58.6 Å². The Labute approximate surface area is 167 Å². The molecule has 1 fully saturated rings.